The molecule has 0 spiro atoms. The molecule has 3 aromatic rings. The molecule has 1 aromatic heterocycles. The van der Waals surface area contributed by atoms with Crippen LogP contribution in [-0.2, 0) is 9.53 Å². The van der Waals surface area contributed by atoms with Gasteiger partial charge in [0.15, 0.2) is 5.78 Å². The van der Waals surface area contributed by atoms with E-state index in [9.17, 15) is 14.0 Å². The van der Waals surface area contributed by atoms with E-state index in [2.05, 4.69) is 10.2 Å². The first-order valence-corrected chi connectivity index (χ1v) is 12.8. The highest BCUT2D eigenvalue weighted by Crippen LogP contribution is 2.45. The maximum atomic E-state index is 13.9. The fourth-order valence-electron chi connectivity index (χ4n) is 5.20. The summed E-state index contributed by atoms with van der Waals surface area (Å²) < 4.78 is 18.9. The maximum absolute atomic E-state index is 13.9. The Labute approximate surface area is 221 Å². The number of ketones is 1. The molecule has 7 nitrogen and oxygen atoms in total. The van der Waals surface area contributed by atoms with Crippen LogP contribution in [0, 0.1) is 11.2 Å². The molecule has 2 aliphatic rings. The Morgan fingerprint density at radius 2 is 1.74 bits per heavy atom. The molecular weight excluding hydrogens is 483 g/mol. The number of piperidine rings is 1. The Morgan fingerprint density at radius 3 is 2.45 bits per heavy atom. The van der Waals surface area contributed by atoms with Crippen LogP contribution in [0.5, 0.6) is 0 Å². The molecule has 196 valence electrons. The number of anilines is 2. The minimum atomic E-state index is -0.909. The van der Waals surface area contributed by atoms with Crippen molar-refractivity contribution >= 4 is 29.4 Å². The Bertz CT molecular complexity index is 1340. The summed E-state index contributed by atoms with van der Waals surface area (Å²) in [5, 5.41) is 2.88. The van der Waals surface area contributed by atoms with Gasteiger partial charge in [0, 0.05) is 24.4 Å². The molecule has 8 heteroatoms. The number of morpholine rings is 1. The Kier molecular flexibility index (Phi) is 7.24. The third kappa shape index (κ3) is 5.31. The number of urea groups is 1. The van der Waals surface area contributed by atoms with Gasteiger partial charge in [-0.05, 0) is 48.0 Å². The van der Waals surface area contributed by atoms with Crippen LogP contribution in [0.4, 0.5) is 20.7 Å². The topological polar surface area (TPSA) is 74.8 Å². The van der Waals surface area contributed by atoms with E-state index in [0.717, 1.165) is 24.5 Å². The molecule has 3 heterocycles. The van der Waals surface area contributed by atoms with Gasteiger partial charge >= 0.3 is 6.03 Å². The number of hydrogen-bond donors (Lipinski definition) is 1. The number of hydrogen-bond acceptors (Lipinski definition) is 5. The van der Waals surface area contributed by atoms with E-state index < -0.39 is 11.5 Å². The first-order chi connectivity index (χ1) is 18.3. The standard InChI is InChI=1S/C30H31FN4O3/c1-30(2)27(21-7-4-3-5-8-21)35(29(37)33-24-13-11-23(31)12-14-24)20-22(28(30)36)19-25-9-6-10-26(32-25)34-15-17-38-18-16-34/h3-14,19,27H,15-18,20H2,1-2H3,(H,33,37). The molecule has 2 fully saturated rings. The molecule has 1 N–H and O–H groups in total. The number of pyridine rings is 1. The average molecular weight is 515 g/mol. The Balaban J connectivity index is 1.50. The molecule has 0 aliphatic carbocycles. The van der Waals surface area contributed by atoms with Crippen molar-refractivity contribution < 1.29 is 18.7 Å². The Hall–Kier alpha value is -4.04. The van der Waals surface area contributed by atoms with Crippen LogP contribution in [0.1, 0.15) is 31.1 Å². The minimum absolute atomic E-state index is 0.0317. The molecular formula is C30H31FN4O3. The third-order valence-electron chi connectivity index (χ3n) is 7.10. The largest absolute Gasteiger partial charge is 0.378 e. The van der Waals surface area contributed by atoms with Crippen molar-refractivity contribution in [1.82, 2.24) is 9.88 Å². The lowest BCUT2D eigenvalue weighted by atomic mass is 9.70. The second-order valence-electron chi connectivity index (χ2n) is 10.1. The first kappa shape index (κ1) is 25.6. The van der Waals surface area contributed by atoms with E-state index in [0.29, 0.717) is 30.2 Å². The molecule has 1 atom stereocenters. The summed E-state index contributed by atoms with van der Waals surface area (Å²) in [4.78, 5) is 36.1. The highest BCUT2D eigenvalue weighted by atomic mass is 19.1. The number of amides is 2. The molecule has 2 aliphatic heterocycles. The molecule has 1 unspecified atom stereocenters. The number of carbonyl (C=O) groups is 2. The van der Waals surface area contributed by atoms with Gasteiger partial charge in [0.2, 0.25) is 0 Å². The fourth-order valence-corrected chi connectivity index (χ4v) is 5.20. The SMILES string of the molecule is CC1(C)C(=O)C(=Cc2cccc(N3CCOCC3)n2)CN(C(=O)Nc2ccc(F)cc2)C1c1ccccc1. The monoisotopic (exact) mass is 514 g/mol. The number of Topliss-reactive ketones (excluding diaryl/α,β-unsaturated/α-hetero) is 1. The highest BCUT2D eigenvalue weighted by molar-refractivity contribution is 6.06. The van der Waals surface area contributed by atoms with Crippen molar-refractivity contribution in [3.05, 3.63) is 95.4 Å². The van der Waals surface area contributed by atoms with Crippen LogP contribution >= 0.6 is 0 Å². The molecule has 0 radical (unpaired) electrons. The van der Waals surface area contributed by atoms with E-state index in [1.807, 2.05) is 62.4 Å². The maximum Gasteiger partial charge on any atom is 0.322 e. The molecule has 5 rings (SSSR count). The number of halogens is 1. The highest BCUT2D eigenvalue weighted by Gasteiger charge is 2.48. The smallest absolute Gasteiger partial charge is 0.322 e. The number of rotatable bonds is 4. The number of aromatic nitrogens is 1. The summed E-state index contributed by atoms with van der Waals surface area (Å²) in [6.07, 6.45) is 1.79. The van der Waals surface area contributed by atoms with E-state index in [-0.39, 0.29) is 24.2 Å². The molecule has 2 saturated heterocycles. The molecule has 2 aromatic carbocycles. The van der Waals surface area contributed by atoms with Crippen LogP contribution < -0.4 is 10.2 Å². The summed E-state index contributed by atoms with van der Waals surface area (Å²) >= 11 is 0. The number of nitrogens with zero attached hydrogens (tertiary/aromatic N) is 3. The van der Waals surface area contributed by atoms with Gasteiger partial charge in [0.25, 0.3) is 0 Å². The van der Waals surface area contributed by atoms with E-state index in [1.165, 1.54) is 24.3 Å². The average Bonchev–Trinajstić information content (AvgIpc) is 2.93. The number of nitrogens with one attached hydrogen (secondary N) is 1. The summed E-state index contributed by atoms with van der Waals surface area (Å²) in [5.74, 6) is 0.417. The number of carbonyl (C=O) groups excluding carboxylic acids is 2. The summed E-state index contributed by atoms with van der Waals surface area (Å²) in [7, 11) is 0. The Morgan fingerprint density at radius 1 is 1.03 bits per heavy atom. The molecule has 0 saturated carbocycles. The van der Waals surface area contributed by atoms with Crippen LogP contribution in [0.3, 0.4) is 0 Å². The quantitative estimate of drug-likeness (QED) is 0.477. The van der Waals surface area contributed by atoms with Crippen LogP contribution in [0.15, 0.2) is 78.4 Å². The second kappa shape index (κ2) is 10.8. The van der Waals surface area contributed by atoms with Gasteiger partial charge in [-0.25, -0.2) is 14.2 Å². The molecule has 2 amide bonds. The van der Waals surface area contributed by atoms with Crippen molar-refractivity contribution in [1.29, 1.82) is 0 Å². The molecule has 38 heavy (non-hydrogen) atoms. The van der Waals surface area contributed by atoms with Crippen molar-refractivity contribution in [3.8, 4) is 0 Å². The van der Waals surface area contributed by atoms with Crippen molar-refractivity contribution in [2.24, 2.45) is 5.41 Å². The number of benzene rings is 2. The predicted octanol–water partition coefficient (Wildman–Crippen LogP) is 5.33. The lowest BCUT2D eigenvalue weighted by molar-refractivity contribution is -0.129. The summed E-state index contributed by atoms with van der Waals surface area (Å²) in [6.45, 7) is 6.67. The van der Waals surface area contributed by atoms with Gasteiger partial charge in [-0.2, -0.15) is 0 Å². The molecule has 0 bridgehead atoms. The lowest BCUT2D eigenvalue weighted by Gasteiger charge is -2.46. The van der Waals surface area contributed by atoms with Crippen molar-refractivity contribution in [2.45, 2.75) is 19.9 Å². The second-order valence-corrected chi connectivity index (χ2v) is 10.1. The fraction of sp³-hybridized carbons (Fsp3) is 0.300. The van der Waals surface area contributed by atoms with Gasteiger partial charge in [0.05, 0.1) is 36.9 Å². The predicted molar refractivity (Wildman–Crippen MR) is 145 cm³/mol. The number of ether oxygens (including phenoxy) is 1. The summed E-state index contributed by atoms with van der Waals surface area (Å²) in [5.41, 5.74) is 1.59. The van der Waals surface area contributed by atoms with E-state index >= 15 is 0 Å². The van der Waals surface area contributed by atoms with Gasteiger partial charge in [0.1, 0.15) is 11.6 Å². The normalized spacial score (nSPS) is 20.4. The van der Waals surface area contributed by atoms with E-state index in [1.54, 1.807) is 11.0 Å². The lowest BCUT2D eigenvalue weighted by Crippen LogP contribution is -2.53. The van der Waals surface area contributed by atoms with Gasteiger partial charge in [-0.3, -0.25) is 4.79 Å². The van der Waals surface area contributed by atoms with Gasteiger partial charge in [-0.1, -0.05) is 50.2 Å². The van der Waals surface area contributed by atoms with Gasteiger partial charge in [-0.15, -0.1) is 0 Å². The zero-order chi connectivity index (χ0) is 26.7. The van der Waals surface area contributed by atoms with Crippen molar-refractivity contribution in [2.75, 3.05) is 43.1 Å². The van der Waals surface area contributed by atoms with Crippen LogP contribution in [0.2, 0.25) is 0 Å². The van der Waals surface area contributed by atoms with Crippen LogP contribution in [-0.4, -0.2) is 54.5 Å². The van der Waals surface area contributed by atoms with Gasteiger partial charge < -0.3 is 19.9 Å². The van der Waals surface area contributed by atoms with E-state index in [4.69, 9.17) is 9.72 Å². The first-order valence-electron chi connectivity index (χ1n) is 12.8. The zero-order valence-corrected chi connectivity index (χ0v) is 21.6. The minimum Gasteiger partial charge on any atom is -0.378 e. The number of likely N-dealkylation sites (tertiary alicyclic amines) is 1. The van der Waals surface area contributed by atoms with Crippen molar-refractivity contribution in [3.63, 3.8) is 0 Å². The van der Waals surface area contributed by atoms with Crippen LogP contribution in [0.25, 0.3) is 6.08 Å². The zero-order valence-electron chi connectivity index (χ0n) is 21.6. The third-order valence-corrected chi connectivity index (χ3v) is 7.10. The summed E-state index contributed by atoms with van der Waals surface area (Å²) in [6, 6.07) is 20.1.